The third-order valence-corrected chi connectivity index (χ3v) is 6.31. The van der Waals surface area contributed by atoms with Crippen molar-refractivity contribution in [2.45, 2.75) is 37.0 Å². The smallest absolute Gasteiger partial charge is 0.293 e. The number of nitro benzene ring substituents is 1. The molecule has 126 valence electrons. The Labute approximate surface area is 136 Å². The van der Waals surface area contributed by atoms with Gasteiger partial charge in [0.05, 0.1) is 9.82 Å². The third-order valence-electron chi connectivity index (χ3n) is 5.20. The fourth-order valence-corrected chi connectivity index (χ4v) is 4.61. The molecular formula is C16H22N2O4S. The van der Waals surface area contributed by atoms with Gasteiger partial charge in [-0.2, -0.15) is 0 Å². The van der Waals surface area contributed by atoms with Crippen LogP contribution in [0.25, 0.3) is 0 Å². The Kier molecular flexibility index (Phi) is 4.31. The van der Waals surface area contributed by atoms with Gasteiger partial charge in [0.15, 0.2) is 9.84 Å². The molecule has 2 atom stereocenters. The normalized spacial score (nSPS) is 25.0. The number of piperidine rings is 1. The van der Waals surface area contributed by atoms with Gasteiger partial charge in [-0.05, 0) is 36.8 Å². The summed E-state index contributed by atoms with van der Waals surface area (Å²) in [7, 11) is -3.45. The van der Waals surface area contributed by atoms with E-state index in [4.69, 9.17) is 0 Å². The van der Waals surface area contributed by atoms with Crippen LogP contribution in [0.2, 0.25) is 0 Å². The molecule has 0 N–H and O–H groups in total. The summed E-state index contributed by atoms with van der Waals surface area (Å²) in [4.78, 5) is 13.0. The Morgan fingerprint density at radius 1 is 1.17 bits per heavy atom. The van der Waals surface area contributed by atoms with E-state index in [-0.39, 0.29) is 10.6 Å². The van der Waals surface area contributed by atoms with E-state index in [9.17, 15) is 18.5 Å². The molecule has 1 aliphatic carbocycles. The second-order valence-electron chi connectivity index (χ2n) is 6.72. The highest BCUT2D eigenvalue weighted by Crippen LogP contribution is 2.40. The first-order chi connectivity index (χ1) is 10.9. The molecule has 0 radical (unpaired) electrons. The number of nitro groups is 1. The lowest BCUT2D eigenvalue weighted by molar-refractivity contribution is -0.384. The van der Waals surface area contributed by atoms with Crippen LogP contribution in [0.3, 0.4) is 0 Å². The first-order valence-electron chi connectivity index (χ1n) is 8.09. The minimum atomic E-state index is -3.45. The van der Waals surface area contributed by atoms with Gasteiger partial charge in [0, 0.05) is 25.4 Å². The van der Waals surface area contributed by atoms with E-state index in [0.717, 1.165) is 31.7 Å². The lowest BCUT2D eigenvalue weighted by Crippen LogP contribution is -2.42. The Morgan fingerprint density at radius 3 is 2.52 bits per heavy atom. The van der Waals surface area contributed by atoms with Gasteiger partial charge in [0.1, 0.15) is 5.69 Å². The molecule has 6 nitrogen and oxygen atoms in total. The van der Waals surface area contributed by atoms with E-state index in [2.05, 4.69) is 4.90 Å². The summed E-state index contributed by atoms with van der Waals surface area (Å²) < 4.78 is 23.3. The molecular weight excluding hydrogens is 316 g/mol. The summed E-state index contributed by atoms with van der Waals surface area (Å²) in [6, 6.07) is 4.26. The molecule has 0 bridgehead atoms. The van der Waals surface area contributed by atoms with Crippen LogP contribution >= 0.6 is 0 Å². The lowest BCUT2D eigenvalue weighted by atomic mass is 9.75. The fourth-order valence-electron chi connectivity index (χ4n) is 3.97. The Morgan fingerprint density at radius 2 is 1.87 bits per heavy atom. The molecule has 2 aliphatic rings. The molecule has 3 rings (SSSR count). The van der Waals surface area contributed by atoms with Crippen molar-refractivity contribution in [2.75, 3.05) is 24.2 Å². The minimum Gasteiger partial charge on any atom is -0.366 e. The summed E-state index contributed by atoms with van der Waals surface area (Å²) in [5, 5.41) is 11.4. The maximum Gasteiger partial charge on any atom is 0.293 e. The van der Waals surface area contributed by atoms with Gasteiger partial charge in [-0.15, -0.1) is 0 Å². The molecule has 1 aromatic rings. The van der Waals surface area contributed by atoms with Gasteiger partial charge in [-0.25, -0.2) is 8.42 Å². The second kappa shape index (κ2) is 6.11. The number of sulfone groups is 1. The van der Waals surface area contributed by atoms with Crippen molar-refractivity contribution in [1.29, 1.82) is 0 Å². The molecule has 1 saturated carbocycles. The van der Waals surface area contributed by atoms with Crippen LogP contribution in [0.1, 0.15) is 32.1 Å². The number of anilines is 1. The molecule has 1 aromatic carbocycles. The first kappa shape index (κ1) is 16.2. The third kappa shape index (κ3) is 3.34. The summed E-state index contributed by atoms with van der Waals surface area (Å²) in [5.41, 5.74) is 0.439. The summed E-state index contributed by atoms with van der Waals surface area (Å²) in [6.07, 6.45) is 7.13. The predicted octanol–water partition coefficient (Wildman–Crippen LogP) is 3.01. The van der Waals surface area contributed by atoms with Gasteiger partial charge in [-0.3, -0.25) is 10.1 Å². The zero-order valence-electron chi connectivity index (χ0n) is 13.3. The molecule has 1 aliphatic heterocycles. The molecule has 7 heteroatoms. The number of rotatable bonds is 3. The van der Waals surface area contributed by atoms with Crippen molar-refractivity contribution in [3.8, 4) is 0 Å². The van der Waals surface area contributed by atoms with Crippen LogP contribution in [0.4, 0.5) is 11.4 Å². The standard InChI is InChI=1S/C16H22N2O4S/c1-23(21,22)14-6-7-15(16(10-14)18(19)20)17-9-8-12-4-2-3-5-13(12)11-17/h6-7,10,12-13H,2-5,8-9,11H2,1H3/t12-,13+/m0/s1. The number of hydrogen-bond donors (Lipinski definition) is 0. The summed E-state index contributed by atoms with van der Waals surface area (Å²) in [6.45, 7) is 1.64. The Bertz CT molecular complexity index is 717. The van der Waals surface area contributed by atoms with Crippen molar-refractivity contribution in [3.05, 3.63) is 28.3 Å². The van der Waals surface area contributed by atoms with Crippen LogP contribution in [0.5, 0.6) is 0 Å². The highest BCUT2D eigenvalue weighted by molar-refractivity contribution is 7.90. The fraction of sp³-hybridized carbons (Fsp3) is 0.625. The van der Waals surface area contributed by atoms with Crippen LogP contribution < -0.4 is 4.90 Å². The van der Waals surface area contributed by atoms with E-state index < -0.39 is 14.8 Å². The summed E-state index contributed by atoms with van der Waals surface area (Å²) >= 11 is 0. The lowest BCUT2D eigenvalue weighted by Gasteiger charge is -2.42. The quantitative estimate of drug-likeness (QED) is 0.625. The SMILES string of the molecule is CS(=O)(=O)c1ccc(N2CC[C@@H]3CCCC[C@@H]3C2)c([N+](=O)[O-])c1. The van der Waals surface area contributed by atoms with Crippen LogP contribution in [-0.2, 0) is 9.84 Å². The molecule has 23 heavy (non-hydrogen) atoms. The van der Waals surface area contributed by atoms with E-state index in [1.54, 1.807) is 6.07 Å². The molecule has 0 amide bonds. The maximum absolute atomic E-state index is 11.6. The zero-order chi connectivity index (χ0) is 16.6. The Balaban J connectivity index is 1.91. The van der Waals surface area contributed by atoms with Crippen molar-refractivity contribution in [1.82, 2.24) is 0 Å². The minimum absolute atomic E-state index is 0.000465. The van der Waals surface area contributed by atoms with Crippen molar-refractivity contribution in [3.63, 3.8) is 0 Å². The van der Waals surface area contributed by atoms with Gasteiger partial charge < -0.3 is 4.90 Å². The average molecular weight is 338 g/mol. The summed E-state index contributed by atoms with van der Waals surface area (Å²) in [5.74, 6) is 1.35. The van der Waals surface area contributed by atoms with Crippen molar-refractivity contribution < 1.29 is 13.3 Å². The Hall–Kier alpha value is -1.63. The second-order valence-corrected chi connectivity index (χ2v) is 8.73. The number of hydrogen-bond acceptors (Lipinski definition) is 5. The van der Waals surface area contributed by atoms with Gasteiger partial charge in [0.2, 0.25) is 0 Å². The van der Waals surface area contributed by atoms with Gasteiger partial charge >= 0.3 is 0 Å². The maximum atomic E-state index is 11.6. The van der Waals surface area contributed by atoms with E-state index in [0.29, 0.717) is 11.6 Å². The predicted molar refractivity (Wildman–Crippen MR) is 88.5 cm³/mol. The molecule has 2 fully saturated rings. The van der Waals surface area contributed by atoms with E-state index >= 15 is 0 Å². The highest BCUT2D eigenvalue weighted by Gasteiger charge is 2.33. The number of fused-ring (bicyclic) bond motifs is 1. The van der Waals surface area contributed by atoms with Gasteiger partial charge in [0.25, 0.3) is 5.69 Å². The molecule has 1 heterocycles. The largest absolute Gasteiger partial charge is 0.366 e. The topological polar surface area (TPSA) is 80.5 Å². The monoisotopic (exact) mass is 338 g/mol. The van der Waals surface area contributed by atoms with E-state index in [1.807, 2.05) is 0 Å². The van der Waals surface area contributed by atoms with Crippen LogP contribution in [0, 0.1) is 22.0 Å². The van der Waals surface area contributed by atoms with Crippen molar-refractivity contribution in [2.24, 2.45) is 11.8 Å². The van der Waals surface area contributed by atoms with Crippen LogP contribution in [-0.4, -0.2) is 32.7 Å². The average Bonchev–Trinajstić information content (AvgIpc) is 2.53. The van der Waals surface area contributed by atoms with E-state index in [1.165, 1.54) is 37.8 Å². The molecule has 0 aromatic heterocycles. The molecule has 0 unspecified atom stereocenters. The number of nitrogens with zero attached hydrogens (tertiary/aromatic N) is 2. The number of benzene rings is 1. The first-order valence-corrected chi connectivity index (χ1v) is 9.99. The molecule has 0 spiro atoms. The van der Waals surface area contributed by atoms with Crippen molar-refractivity contribution >= 4 is 21.2 Å². The van der Waals surface area contributed by atoms with Gasteiger partial charge in [-0.1, -0.05) is 19.3 Å². The zero-order valence-corrected chi connectivity index (χ0v) is 14.1. The van der Waals surface area contributed by atoms with Crippen LogP contribution in [0.15, 0.2) is 23.1 Å². The molecule has 1 saturated heterocycles. The highest BCUT2D eigenvalue weighted by atomic mass is 32.2.